The van der Waals surface area contributed by atoms with Gasteiger partial charge in [0.2, 0.25) is 0 Å². The first-order chi connectivity index (χ1) is 6.81. The van der Waals surface area contributed by atoms with Gasteiger partial charge in [0, 0.05) is 4.90 Å². The van der Waals surface area contributed by atoms with Gasteiger partial charge in [-0.3, -0.25) is 0 Å². The smallest absolute Gasteiger partial charge is 0.261 e. The molecule has 4 nitrogen and oxygen atoms in total. The fourth-order valence-electron chi connectivity index (χ4n) is 1.17. The molecule has 2 N–H and O–H groups in total. The second kappa shape index (κ2) is 3.71. The Morgan fingerprint density at radius 2 is 2.14 bits per heavy atom. The Morgan fingerprint density at radius 1 is 1.36 bits per heavy atom. The van der Waals surface area contributed by atoms with E-state index in [4.69, 9.17) is 10.3 Å². The van der Waals surface area contributed by atoms with Crippen LogP contribution >= 0.6 is 11.8 Å². The maximum atomic E-state index is 5.38. The summed E-state index contributed by atoms with van der Waals surface area (Å²) in [5.74, 6) is 0.628. The first kappa shape index (κ1) is 9.08. The number of hydrogen-bond acceptors (Lipinski definition) is 5. The zero-order valence-electron chi connectivity index (χ0n) is 7.60. The van der Waals surface area contributed by atoms with Crippen LogP contribution in [0.1, 0.15) is 0 Å². The van der Waals surface area contributed by atoms with Crippen LogP contribution in [0.4, 0.5) is 5.95 Å². The molecule has 0 amide bonds. The van der Waals surface area contributed by atoms with Crippen molar-refractivity contribution in [1.29, 1.82) is 0 Å². The maximum absolute atomic E-state index is 5.38. The molecule has 0 aliphatic rings. The fourth-order valence-corrected chi connectivity index (χ4v) is 1.76. The number of nitrogen functional groups attached to an aromatic ring is 1. The molecule has 5 heteroatoms. The first-order valence-corrected chi connectivity index (χ1v) is 5.26. The molecular weight excluding hydrogens is 198 g/mol. The van der Waals surface area contributed by atoms with Crippen LogP contribution < -0.4 is 5.73 Å². The molecule has 0 radical (unpaired) electrons. The molecule has 0 saturated carbocycles. The van der Waals surface area contributed by atoms with E-state index >= 15 is 0 Å². The predicted octanol–water partition coefficient (Wildman–Crippen LogP) is 2.04. The van der Waals surface area contributed by atoms with Crippen molar-refractivity contribution in [3.05, 3.63) is 24.3 Å². The average Bonchev–Trinajstić information content (AvgIpc) is 2.65. The van der Waals surface area contributed by atoms with E-state index in [1.54, 1.807) is 11.8 Å². The molecule has 0 saturated heterocycles. The number of aromatic nitrogens is 2. The minimum atomic E-state index is 0.163. The van der Waals surface area contributed by atoms with Crippen molar-refractivity contribution in [3.8, 4) is 11.5 Å². The van der Waals surface area contributed by atoms with Crippen molar-refractivity contribution < 1.29 is 4.52 Å². The van der Waals surface area contributed by atoms with Crippen LogP contribution in [0, 0.1) is 0 Å². The van der Waals surface area contributed by atoms with E-state index in [1.165, 1.54) is 0 Å². The Hall–Kier alpha value is -1.49. The molecular formula is C9H9N3OS. The monoisotopic (exact) mass is 207 g/mol. The summed E-state index contributed by atoms with van der Waals surface area (Å²) in [4.78, 5) is 5.07. The van der Waals surface area contributed by atoms with Gasteiger partial charge in [0.1, 0.15) is 0 Å². The number of anilines is 1. The molecule has 0 bridgehead atoms. The van der Waals surface area contributed by atoms with Crippen LogP contribution in [0.15, 0.2) is 33.7 Å². The highest BCUT2D eigenvalue weighted by molar-refractivity contribution is 7.98. The van der Waals surface area contributed by atoms with Gasteiger partial charge in [-0.05, 0) is 23.5 Å². The Bertz CT molecular complexity index is 441. The Labute approximate surface area is 85.5 Å². The third-order valence-corrected chi connectivity index (χ3v) is 2.57. The second-order valence-electron chi connectivity index (χ2n) is 2.66. The number of nitrogens with two attached hydrogens (primary N) is 1. The van der Waals surface area contributed by atoms with Crippen molar-refractivity contribution >= 4 is 17.7 Å². The zero-order chi connectivity index (χ0) is 9.97. The third-order valence-electron chi connectivity index (χ3n) is 1.78. The molecule has 72 valence electrons. The molecule has 0 atom stereocenters. The summed E-state index contributed by atoms with van der Waals surface area (Å²) in [6.07, 6.45) is 2.00. The van der Waals surface area contributed by atoms with Crippen molar-refractivity contribution in [1.82, 2.24) is 10.1 Å². The molecule has 2 aromatic rings. The SMILES string of the molecule is CSc1ccccc1-c1nc(N)no1. The summed E-state index contributed by atoms with van der Waals surface area (Å²) in [7, 11) is 0. The van der Waals surface area contributed by atoms with E-state index in [9.17, 15) is 0 Å². The van der Waals surface area contributed by atoms with Gasteiger partial charge in [0.25, 0.3) is 11.8 Å². The van der Waals surface area contributed by atoms with Crippen LogP contribution in [0.5, 0.6) is 0 Å². The maximum Gasteiger partial charge on any atom is 0.261 e. The molecule has 0 aliphatic heterocycles. The van der Waals surface area contributed by atoms with E-state index in [0.717, 1.165) is 10.5 Å². The van der Waals surface area contributed by atoms with Crippen molar-refractivity contribution in [2.24, 2.45) is 0 Å². The number of thioether (sulfide) groups is 1. The van der Waals surface area contributed by atoms with E-state index < -0.39 is 0 Å². The Morgan fingerprint density at radius 3 is 2.79 bits per heavy atom. The van der Waals surface area contributed by atoms with Gasteiger partial charge >= 0.3 is 0 Å². The lowest BCUT2D eigenvalue weighted by atomic mass is 10.2. The van der Waals surface area contributed by atoms with Crippen LogP contribution in [-0.4, -0.2) is 16.4 Å². The highest BCUT2D eigenvalue weighted by Crippen LogP contribution is 2.28. The highest BCUT2D eigenvalue weighted by Gasteiger charge is 2.09. The summed E-state index contributed by atoms with van der Waals surface area (Å²) in [5, 5.41) is 3.55. The third kappa shape index (κ3) is 1.58. The topological polar surface area (TPSA) is 64.9 Å². The van der Waals surface area contributed by atoms with E-state index in [1.807, 2.05) is 30.5 Å². The van der Waals surface area contributed by atoms with Crippen molar-refractivity contribution in [3.63, 3.8) is 0 Å². The van der Waals surface area contributed by atoms with Gasteiger partial charge in [-0.25, -0.2) is 0 Å². The molecule has 0 fully saturated rings. The van der Waals surface area contributed by atoms with E-state index in [-0.39, 0.29) is 5.95 Å². The number of rotatable bonds is 2. The van der Waals surface area contributed by atoms with Gasteiger partial charge in [-0.2, -0.15) is 4.98 Å². The normalized spacial score (nSPS) is 10.4. The Balaban J connectivity index is 2.50. The largest absolute Gasteiger partial charge is 0.365 e. The summed E-state index contributed by atoms with van der Waals surface area (Å²) < 4.78 is 4.99. The molecule has 1 aromatic carbocycles. The molecule has 1 heterocycles. The summed E-state index contributed by atoms with van der Waals surface area (Å²) in [6, 6.07) is 7.82. The second-order valence-corrected chi connectivity index (χ2v) is 3.51. The first-order valence-electron chi connectivity index (χ1n) is 4.04. The van der Waals surface area contributed by atoms with Gasteiger partial charge in [0.05, 0.1) is 5.56 Å². The number of benzene rings is 1. The van der Waals surface area contributed by atoms with E-state index in [0.29, 0.717) is 5.89 Å². The van der Waals surface area contributed by atoms with Gasteiger partial charge < -0.3 is 10.3 Å². The van der Waals surface area contributed by atoms with Gasteiger partial charge in [-0.15, -0.1) is 11.8 Å². The molecule has 0 aliphatic carbocycles. The van der Waals surface area contributed by atoms with Gasteiger partial charge in [-0.1, -0.05) is 12.1 Å². The van der Waals surface area contributed by atoms with Crippen LogP contribution in [0.25, 0.3) is 11.5 Å². The van der Waals surface area contributed by atoms with Crippen LogP contribution in [0.3, 0.4) is 0 Å². The lowest BCUT2D eigenvalue weighted by Gasteiger charge is -2.00. The molecule has 0 unspecified atom stereocenters. The minimum absolute atomic E-state index is 0.163. The summed E-state index contributed by atoms with van der Waals surface area (Å²) >= 11 is 1.63. The van der Waals surface area contributed by atoms with Crippen molar-refractivity contribution in [2.75, 3.05) is 12.0 Å². The molecule has 0 spiro atoms. The van der Waals surface area contributed by atoms with Crippen molar-refractivity contribution in [2.45, 2.75) is 4.90 Å². The molecule has 1 aromatic heterocycles. The average molecular weight is 207 g/mol. The van der Waals surface area contributed by atoms with E-state index in [2.05, 4.69) is 10.1 Å². The number of hydrogen-bond donors (Lipinski definition) is 1. The number of nitrogens with zero attached hydrogens (tertiary/aromatic N) is 2. The summed E-state index contributed by atoms with van der Waals surface area (Å²) in [6.45, 7) is 0. The zero-order valence-corrected chi connectivity index (χ0v) is 8.41. The fraction of sp³-hybridized carbons (Fsp3) is 0.111. The van der Waals surface area contributed by atoms with Crippen LogP contribution in [0.2, 0.25) is 0 Å². The summed E-state index contributed by atoms with van der Waals surface area (Å²) in [5.41, 5.74) is 6.31. The van der Waals surface area contributed by atoms with Crippen LogP contribution in [-0.2, 0) is 0 Å². The Kier molecular flexibility index (Phi) is 2.41. The highest BCUT2D eigenvalue weighted by atomic mass is 32.2. The standard InChI is InChI=1S/C9H9N3OS/c1-14-7-5-3-2-4-6(7)8-11-9(10)12-13-8/h2-5H,1H3,(H2,10,12). The minimum Gasteiger partial charge on any atom is -0.365 e. The lowest BCUT2D eigenvalue weighted by molar-refractivity contribution is 0.432. The predicted molar refractivity (Wildman–Crippen MR) is 55.9 cm³/mol. The molecule has 14 heavy (non-hydrogen) atoms. The lowest BCUT2D eigenvalue weighted by Crippen LogP contribution is -1.86. The van der Waals surface area contributed by atoms with Gasteiger partial charge in [0.15, 0.2) is 0 Å². The molecule has 2 rings (SSSR count). The quantitative estimate of drug-likeness (QED) is 0.763.